The zero-order valence-corrected chi connectivity index (χ0v) is 13.7. The monoisotopic (exact) mass is 331 g/mol. The van der Waals surface area contributed by atoms with Crippen molar-refractivity contribution >= 4 is 11.8 Å². The molecule has 0 aliphatic carbocycles. The van der Waals surface area contributed by atoms with E-state index in [4.69, 9.17) is 4.52 Å². The standard InChI is InChI=1S/C15H17N5O2S/c1-3-9-20-14(21)17-18-15(20)23-10(2)13-16-12(19-22-13)11-7-5-4-6-8-11/h4-8,10H,3,9H2,1-2H3,(H,17,21). The van der Waals surface area contributed by atoms with Gasteiger partial charge in [0.05, 0.1) is 5.25 Å². The average Bonchev–Trinajstić information content (AvgIpc) is 3.18. The number of nitrogens with zero attached hydrogens (tertiary/aromatic N) is 4. The van der Waals surface area contributed by atoms with Crippen molar-refractivity contribution in [3.8, 4) is 11.4 Å². The third kappa shape index (κ3) is 3.37. The molecule has 0 saturated heterocycles. The Balaban J connectivity index is 1.78. The van der Waals surface area contributed by atoms with Gasteiger partial charge < -0.3 is 4.52 Å². The van der Waals surface area contributed by atoms with E-state index >= 15 is 0 Å². The summed E-state index contributed by atoms with van der Waals surface area (Å²) in [5.74, 6) is 1.06. The van der Waals surface area contributed by atoms with Crippen LogP contribution in [0.3, 0.4) is 0 Å². The van der Waals surface area contributed by atoms with Crippen LogP contribution in [0.4, 0.5) is 0 Å². The van der Waals surface area contributed by atoms with E-state index < -0.39 is 0 Å². The van der Waals surface area contributed by atoms with Crippen molar-refractivity contribution in [3.05, 3.63) is 46.7 Å². The van der Waals surface area contributed by atoms with E-state index in [-0.39, 0.29) is 10.9 Å². The lowest BCUT2D eigenvalue weighted by molar-refractivity contribution is 0.380. The predicted octanol–water partition coefficient (Wildman–Crippen LogP) is 2.88. The SMILES string of the molecule is CCCn1c(SC(C)c2nc(-c3ccccc3)no2)n[nH]c1=O. The Hall–Kier alpha value is -2.35. The van der Waals surface area contributed by atoms with Crippen molar-refractivity contribution in [2.75, 3.05) is 0 Å². The Kier molecular flexibility index (Phi) is 4.61. The molecule has 3 aromatic rings. The van der Waals surface area contributed by atoms with Gasteiger partial charge in [0.15, 0.2) is 5.16 Å². The molecule has 0 spiro atoms. The molecule has 23 heavy (non-hydrogen) atoms. The summed E-state index contributed by atoms with van der Waals surface area (Å²) in [4.78, 5) is 16.2. The van der Waals surface area contributed by atoms with Crippen molar-refractivity contribution in [3.63, 3.8) is 0 Å². The van der Waals surface area contributed by atoms with Gasteiger partial charge in [-0.15, -0.1) is 5.10 Å². The highest BCUT2D eigenvalue weighted by Gasteiger charge is 2.19. The first-order valence-corrected chi connectivity index (χ1v) is 8.28. The van der Waals surface area contributed by atoms with Crippen LogP contribution in [0.2, 0.25) is 0 Å². The van der Waals surface area contributed by atoms with Gasteiger partial charge in [-0.2, -0.15) is 4.98 Å². The molecule has 120 valence electrons. The molecule has 1 atom stereocenters. The Morgan fingerprint density at radius 2 is 2.13 bits per heavy atom. The largest absolute Gasteiger partial charge is 0.343 e. The second kappa shape index (κ2) is 6.82. The average molecular weight is 331 g/mol. The fourth-order valence-electron chi connectivity index (χ4n) is 2.13. The van der Waals surface area contributed by atoms with Gasteiger partial charge in [0.2, 0.25) is 11.7 Å². The Morgan fingerprint density at radius 3 is 2.87 bits per heavy atom. The van der Waals surface area contributed by atoms with Crippen LogP contribution < -0.4 is 5.69 Å². The highest BCUT2D eigenvalue weighted by Crippen LogP contribution is 2.33. The number of aromatic amines is 1. The maximum absolute atomic E-state index is 11.7. The van der Waals surface area contributed by atoms with Crippen molar-refractivity contribution in [2.45, 2.75) is 37.2 Å². The molecule has 0 radical (unpaired) electrons. The molecule has 0 aliphatic heterocycles. The van der Waals surface area contributed by atoms with Crippen molar-refractivity contribution in [1.29, 1.82) is 0 Å². The maximum Gasteiger partial charge on any atom is 0.343 e. The van der Waals surface area contributed by atoms with E-state index in [1.165, 1.54) is 11.8 Å². The zero-order valence-electron chi connectivity index (χ0n) is 12.9. The summed E-state index contributed by atoms with van der Waals surface area (Å²) in [5, 5.41) is 11.1. The minimum absolute atomic E-state index is 0.106. The van der Waals surface area contributed by atoms with Gasteiger partial charge in [-0.05, 0) is 13.3 Å². The number of aromatic nitrogens is 5. The lowest BCUT2D eigenvalue weighted by Gasteiger charge is -2.06. The number of hydrogen-bond donors (Lipinski definition) is 1. The lowest BCUT2D eigenvalue weighted by atomic mass is 10.2. The van der Waals surface area contributed by atoms with Crippen LogP contribution in [-0.4, -0.2) is 24.9 Å². The molecule has 1 unspecified atom stereocenters. The molecule has 3 rings (SSSR count). The smallest absolute Gasteiger partial charge is 0.338 e. The number of thioether (sulfide) groups is 1. The summed E-state index contributed by atoms with van der Waals surface area (Å²) < 4.78 is 6.97. The highest BCUT2D eigenvalue weighted by atomic mass is 32.2. The summed E-state index contributed by atoms with van der Waals surface area (Å²) in [7, 11) is 0. The Bertz CT molecular complexity index is 824. The first-order chi connectivity index (χ1) is 11.2. The van der Waals surface area contributed by atoms with E-state index in [1.807, 2.05) is 44.2 Å². The molecule has 8 heteroatoms. The summed E-state index contributed by atoms with van der Waals surface area (Å²) in [6.07, 6.45) is 0.861. The Morgan fingerprint density at radius 1 is 1.35 bits per heavy atom. The number of benzene rings is 1. The fourth-order valence-corrected chi connectivity index (χ4v) is 3.04. The molecule has 2 heterocycles. The Labute approximate surface area is 137 Å². The van der Waals surface area contributed by atoms with E-state index in [0.717, 1.165) is 12.0 Å². The van der Waals surface area contributed by atoms with Gasteiger partial charge in [-0.3, -0.25) is 4.57 Å². The summed E-state index contributed by atoms with van der Waals surface area (Å²) in [6.45, 7) is 4.59. The van der Waals surface area contributed by atoms with Crippen molar-refractivity contribution in [2.24, 2.45) is 0 Å². The first kappa shape index (κ1) is 15.5. The van der Waals surface area contributed by atoms with Gasteiger partial charge in [-0.25, -0.2) is 9.89 Å². The molecule has 0 saturated carbocycles. The molecule has 7 nitrogen and oxygen atoms in total. The zero-order chi connectivity index (χ0) is 16.2. The van der Waals surface area contributed by atoms with Crippen LogP contribution in [0.15, 0.2) is 44.8 Å². The lowest BCUT2D eigenvalue weighted by Crippen LogP contribution is -2.17. The number of rotatable bonds is 6. The summed E-state index contributed by atoms with van der Waals surface area (Å²) in [5.41, 5.74) is 0.708. The molecule has 0 aliphatic rings. The van der Waals surface area contributed by atoms with E-state index in [0.29, 0.717) is 23.4 Å². The molecule has 1 N–H and O–H groups in total. The third-order valence-electron chi connectivity index (χ3n) is 3.27. The molecule has 2 aromatic heterocycles. The van der Waals surface area contributed by atoms with Crippen molar-refractivity contribution in [1.82, 2.24) is 24.9 Å². The van der Waals surface area contributed by atoms with Gasteiger partial charge >= 0.3 is 5.69 Å². The topological polar surface area (TPSA) is 89.6 Å². The molecule has 0 bridgehead atoms. The van der Waals surface area contributed by atoms with Gasteiger partial charge in [0.25, 0.3) is 0 Å². The number of nitrogens with one attached hydrogen (secondary N) is 1. The second-order valence-electron chi connectivity index (χ2n) is 5.05. The number of H-pyrrole nitrogens is 1. The second-order valence-corrected chi connectivity index (χ2v) is 6.35. The van der Waals surface area contributed by atoms with Crippen LogP contribution in [0.25, 0.3) is 11.4 Å². The van der Waals surface area contributed by atoms with E-state index in [1.54, 1.807) is 4.57 Å². The minimum Gasteiger partial charge on any atom is -0.338 e. The van der Waals surface area contributed by atoms with Crippen LogP contribution in [0.5, 0.6) is 0 Å². The normalized spacial score (nSPS) is 12.4. The molecule has 1 aromatic carbocycles. The van der Waals surface area contributed by atoms with Crippen molar-refractivity contribution < 1.29 is 4.52 Å². The minimum atomic E-state index is -0.197. The number of hydrogen-bond acceptors (Lipinski definition) is 6. The van der Waals surface area contributed by atoms with Gasteiger partial charge in [0.1, 0.15) is 0 Å². The molecule has 0 amide bonds. The quantitative estimate of drug-likeness (QED) is 0.699. The molecule has 0 fully saturated rings. The van der Waals surface area contributed by atoms with E-state index in [9.17, 15) is 4.79 Å². The summed E-state index contributed by atoms with van der Waals surface area (Å²) >= 11 is 1.42. The highest BCUT2D eigenvalue weighted by molar-refractivity contribution is 7.99. The molecular weight excluding hydrogens is 314 g/mol. The summed E-state index contributed by atoms with van der Waals surface area (Å²) in [6, 6.07) is 9.65. The van der Waals surface area contributed by atoms with Gasteiger partial charge in [-0.1, -0.05) is 54.2 Å². The van der Waals surface area contributed by atoms with Crippen LogP contribution in [0.1, 0.15) is 31.4 Å². The van der Waals surface area contributed by atoms with Crippen LogP contribution in [0, 0.1) is 0 Å². The van der Waals surface area contributed by atoms with E-state index in [2.05, 4.69) is 20.3 Å². The predicted molar refractivity (Wildman–Crippen MR) is 87.1 cm³/mol. The van der Waals surface area contributed by atoms with Gasteiger partial charge in [0, 0.05) is 12.1 Å². The molecular formula is C15H17N5O2S. The van der Waals surface area contributed by atoms with Crippen LogP contribution >= 0.6 is 11.8 Å². The maximum atomic E-state index is 11.7. The first-order valence-electron chi connectivity index (χ1n) is 7.40. The van der Waals surface area contributed by atoms with Crippen LogP contribution in [-0.2, 0) is 6.54 Å². The third-order valence-corrected chi connectivity index (χ3v) is 4.35. The fraction of sp³-hybridized carbons (Fsp3) is 0.333.